The second kappa shape index (κ2) is 5.28. The number of nitrogens with zero attached hydrogens (tertiary/aromatic N) is 2. The summed E-state index contributed by atoms with van der Waals surface area (Å²) in [6, 6.07) is 1.72. The largest absolute Gasteiger partial charge is 0.388 e. The topological polar surface area (TPSA) is 58.0 Å². The fourth-order valence-corrected chi connectivity index (χ4v) is 1.49. The molecule has 2 N–H and O–H groups in total. The number of anilines is 1. The van der Waals surface area contributed by atoms with Gasteiger partial charge in [-0.1, -0.05) is 13.3 Å². The lowest BCUT2D eigenvalue weighted by atomic mass is 10.0. The first-order valence-corrected chi connectivity index (χ1v) is 5.36. The van der Waals surface area contributed by atoms with E-state index in [2.05, 4.69) is 15.3 Å². The average molecular weight is 230 g/mol. The smallest absolute Gasteiger partial charge is 0.224 e. The van der Waals surface area contributed by atoms with Gasteiger partial charge in [-0.05, 0) is 31.0 Å². The van der Waals surface area contributed by atoms with Crippen LogP contribution in [-0.2, 0) is 0 Å². The normalized spacial score (nSPS) is 14.7. The zero-order valence-electron chi connectivity index (χ0n) is 9.00. The van der Waals surface area contributed by atoms with E-state index in [9.17, 15) is 5.11 Å². The third-order valence-corrected chi connectivity index (χ3v) is 2.25. The fraction of sp³-hybridized carbons (Fsp3) is 0.600. The van der Waals surface area contributed by atoms with Gasteiger partial charge in [0, 0.05) is 12.7 Å². The maximum Gasteiger partial charge on any atom is 0.224 e. The van der Waals surface area contributed by atoms with Gasteiger partial charge in [-0.25, -0.2) is 9.97 Å². The quantitative estimate of drug-likeness (QED) is 0.760. The fourth-order valence-electron chi connectivity index (χ4n) is 1.34. The first kappa shape index (κ1) is 12.2. The highest BCUT2D eigenvalue weighted by molar-refractivity contribution is 6.28. The summed E-state index contributed by atoms with van der Waals surface area (Å²) >= 11 is 5.63. The van der Waals surface area contributed by atoms with Crippen molar-refractivity contribution in [1.29, 1.82) is 0 Å². The van der Waals surface area contributed by atoms with Gasteiger partial charge in [0.1, 0.15) is 5.82 Å². The lowest BCUT2D eigenvalue weighted by Crippen LogP contribution is -2.33. The van der Waals surface area contributed by atoms with Gasteiger partial charge >= 0.3 is 0 Å². The molecule has 0 saturated carbocycles. The van der Waals surface area contributed by atoms with Gasteiger partial charge in [0.2, 0.25) is 5.28 Å². The van der Waals surface area contributed by atoms with Crippen LogP contribution in [0.2, 0.25) is 5.28 Å². The molecule has 1 aromatic heterocycles. The number of hydrogen-bond donors (Lipinski definition) is 2. The van der Waals surface area contributed by atoms with E-state index in [4.69, 9.17) is 11.6 Å². The number of rotatable bonds is 5. The lowest BCUT2D eigenvalue weighted by Gasteiger charge is -2.23. The zero-order valence-corrected chi connectivity index (χ0v) is 9.75. The maximum atomic E-state index is 9.91. The van der Waals surface area contributed by atoms with Crippen LogP contribution in [0.25, 0.3) is 0 Å². The Morgan fingerprint density at radius 3 is 2.93 bits per heavy atom. The molecule has 15 heavy (non-hydrogen) atoms. The van der Waals surface area contributed by atoms with Crippen LogP contribution in [0, 0.1) is 0 Å². The molecule has 0 bridgehead atoms. The SMILES string of the molecule is CCCC(C)(O)CNc1ccnc(Cl)n1. The van der Waals surface area contributed by atoms with E-state index in [1.165, 1.54) is 0 Å². The van der Waals surface area contributed by atoms with Gasteiger partial charge in [-0.3, -0.25) is 0 Å². The minimum Gasteiger partial charge on any atom is -0.388 e. The Balaban J connectivity index is 2.49. The molecule has 4 nitrogen and oxygen atoms in total. The van der Waals surface area contributed by atoms with Crippen LogP contribution in [0.5, 0.6) is 0 Å². The number of halogens is 1. The molecule has 1 rings (SSSR count). The van der Waals surface area contributed by atoms with E-state index in [0.29, 0.717) is 12.4 Å². The van der Waals surface area contributed by atoms with Crippen LogP contribution in [0.4, 0.5) is 5.82 Å². The Bertz CT molecular complexity index is 317. The van der Waals surface area contributed by atoms with Crippen molar-refractivity contribution in [3.63, 3.8) is 0 Å². The summed E-state index contributed by atoms with van der Waals surface area (Å²) in [5.74, 6) is 0.631. The molecule has 84 valence electrons. The molecule has 1 unspecified atom stereocenters. The summed E-state index contributed by atoms with van der Waals surface area (Å²) in [5, 5.41) is 13.1. The summed E-state index contributed by atoms with van der Waals surface area (Å²) in [6.45, 7) is 4.29. The predicted molar refractivity (Wildman–Crippen MR) is 61.1 cm³/mol. The summed E-state index contributed by atoms with van der Waals surface area (Å²) < 4.78 is 0. The summed E-state index contributed by atoms with van der Waals surface area (Å²) in [4.78, 5) is 7.74. The molecule has 0 spiro atoms. The Labute approximate surface area is 94.7 Å². The summed E-state index contributed by atoms with van der Waals surface area (Å²) in [6.07, 6.45) is 3.27. The monoisotopic (exact) mass is 229 g/mol. The first-order valence-electron chi connectivity index (χ1n) is 4.98. The van der Waals surface area contributed by atoms with E-state index >= 15 is 0 Å². The molecule has 0 aliphatic heterocycles. The van der Waals surface area contributed by atoms with E-state index in [0.717, 1.165) is 12.8 Å². The average Bonchev–Trinajstić information content (AvgIpc) is 2.15. The number of nitrogens with one attached hydrogen (secondary N) is 1. The van der Waals surface area contributed by atoms with Crippen molar-refractivity contribution in [2.24, 2.45) is 0 Å². The van der Waals surface area contributed by atoms with E-state index in [-0.39, 0.29) is 5.28 Å². The molecule has 0 fully saturated rings. The maximum absolute atomic E-state index is 9.91. The van der Waals surface area contributed by atoms with Crippen LogP contribution >= 0.6 is 11.6 Å². The van der Waals surface area contributed by atoms with Crippen molar-refractivity contribution < 1.29 is 5.11 Å². The second-order valence-electron chi connectivity index (χ2n) is 3.81. The van der Waals surface area contributed by atoms with Crippen LogP contribution < -0.4 is 5.32 Å². The van der Waals surface area contributed by atoms with Crippen molar-refractivity contribution in [3.05, 3.63) is 17.5 Å². The number of aliphatic hydroxyl groups is 1. The van der Waals surface area contributed by atoms with Gasteiger partial charge in [0.15, 0.2) is 0 Å². The highest BCUT2D eigenvalue weighted by atomic mass is 35.5. The second-order valence-corrected chi connectivity index (χ2v) is 4.15. The molecule has 0 radical (unpaired) electrons. The van der Waals surface area contributed by atoms with Gasteiger partial charge < -0.3 is 10.4 Å². The number of aromatic nitrogens is 2. The van der Waals surface area contributed by atoms with Gasteiger partial charge in [-0.2, -0.15) is 0 Å². The Kier molecular flexibility index (Phi) is 4.29. The lowest BCUT2D eigenvalue weighted by molar-refractivity contribution is 0.0636. The van der Waals surface area contributed by atoms with Crippen molar-refractivity contribution in [3.8, 4) is 0 Å². The Morgan fingerprint density at radius 2 is 2.33 bits per heavy atom. The standard InChI is InChI=1S/C10H16ClN3O/c1-3-5-10(2,15)7-13-8-4-6-12-9(11)14-8/h4,6,15H,3,5,7H2,1-2H3,(H,12,13,14). The van der Waals surface area contributed by atoms with Gasteiger partial charge in [0.25, 0.3) is 0 Å². The van der Waals surface area contributed by atoms with E-state index in [1.807, 2.05) is 6.92 Å². The minimum absolute atomic E-state index is 0.204. The predicted octanol–water partition coefficient (Wildman–Crippen LogP) is 2.09. The minimum atomic E-state index is -0.716. The van der Waals surface area contributed by atoms with Gasteiger partial charge in [-0.15, -0.1) is 0 Å². The van der Waals surface area contributed by atoms with Crippen molar-refractivity contribution in [1.82, 2.24) is 9.97 Å². The molecule has 1 atom stereocenters. The molecule has 5 heteroatoms. The van der Waals surface area contributed by atoms with Crippen molar-refractivity contribution >= 4 is 17.4 Å². The molecule has 1 aromatic rings. The Hall–Kier alpha value is -0.870. The highest BCUT2D eigenvalue weighted by Crippen LogP contribution is 2.13. The van der Waals surface area contributed by atoms with Gasteiger partial charge in [0.05, 0.1) is 5.60 Å². The Morgan fingerprint density at radius 1 is 1.60 bits per heavy atom. The van der Waals surface area contributed by atoms with Crippen molar-refractivity contribution in [2.45, 2.75) is 32.3 Å². The number of hydrogen-bond acceptors (Lipinski definition) is 4. The molecular formula is C10H16ClN3O. The van der Waals surface area contributed by atoms with Crippen molar-refractivity contribution in [2.75, 3.05) is 11.9 Å². The molecule has 0 aromatic carbocycles. The molecule has 0 saturated heterocycles. The van der Waals surface area contributed by atoms with Crippen LogP contribution in [0.15, 0.2) is 12.3 Å². The molecule has 0 aliphatic rings. The summed E-state index contributed by atoms with van der Waals surface area (Å²) in [5.41, 5.74) is -0.716. The zero-order chi connectivity index (χ0) is 11.3. The molecule has 0 aliphatic carbocycles. The molecule has 1 heterocycles. The van der Waals surface area contributed by atoms with Crippen LogP contribution in [-0.4, -0.2) is 27.2 Å². The summed E-state index contributed by atoms with van der Waals surface area (Å²) in [7, 11) is 0. The first-order chi connectivity index (χ1) is 7.03. The van der Waals surface area contributed by atoms with E-state index in [1.54, 1.807) is 19.2 Å². The third-order valence-electron chi connectivity index (χ3n) is 2.07. The molecular weight excluding hydrogens is 214 g/mol. The third kappa shape index (κ3) is 4.44. The highest BCUT2D eigenvalue weighted by Gasteiger charge is 2.18. The van der Waals surface area contributed by atoms with Crippen LogP contribution in [0.1, 0.15) is 26.7 Å². The van der Waals surface area contributed by atoms with E-state index < -0.39 is 5.60 Å². The van der Waals surface area contributed by atoms with Crippen LogP contribution in [0.3, 0.4) is 0 Å². The molecule has 0 amide bonds.